The first-order valence-corrected chi connectivity index (χ1v) is 5.27. The second kappa shape index (κ2) is 5.05. The Labute approximate surface area is 94.4 Å². The van der Waals surface area contributed by atoms with Gasteiger partial charge in [-0.05, 0) is 5.41 Å². The van der Waals surface area contributed by atoms with E-state index in [-0.39, 0.29) is 5.41 Å². The van der Waals surface area contributed by atoms with Gasteiger partial charge in [0, 0.05) is 0 Å². The Bertz CT molecular complexity index is 161. The van der Waals surface area contributed by atoms with Gasteiger partial charge < -0.3 is 0 Å². The zero-order chi connectivity index (χ0) is 9.94. The highest BCUT2D eigenvalue weighted by molar-refractivity contribution is 7.50. The van der Waals surface area contributed by atoms with Crippen molar-refractivity contribution in [3.8, 4) is 0 Å². The fourth-order valence-corrected chi connectivity index (χ4v) is 1.74. The van der Waals surface area contributed by atoms with Gasteiger partial charge in [-0.1, -0.05) is 32.2 Å². The third-order valence-corrected chi connectivity index (χ3v) is 2.11. The van der Waals surface area contributed by atoms with Crippen LogP contribution in [0, 0.1) is 5.41 Å². The van der Waals surface area contributed by atoms with E-state index in [1.165, 1.54) is 0 Å². The molecule has 0 fully saturated rings. The molecule has 0 aliphatic rings. The first-order valence-electron chi connectivity index (χ1n) is 3.53. The van der Waals surface area contributed by atoms with Crippen molar-refractivity contribution in [1.29, 1.82) is 0 Å². The lowest BCUT2D eigenvalue weighted by Gasteiger charge is -2.15. The number of allylic oxidation sites excluding steroid dienone is 1. The molecule has 6 heteroatoms. The maximum atomic E-state index is 5.67. The van der Waals surface area contributed by atoms with E-state index in [0.717, 1.165) is 0 Å². The minimum atomic E-state index is -0.635. The summed E-state index contributed by atoms with van der Waals surface area (Å²) in [6, 6.07) is 0. The fourth-order valence-electron chi connectivity index (χ4n) is 0.721. The van der Waals surface area contributed by atoms with Gasteiger partial charge in [-0.15, -0.1) is 0 Å². The summed E-state index contributed by atoms with van der Waals surface area (Å²) in [5.41, 5.74) is -1.28. The lowest BCUT2D eigenvalue weighted by molar-refractivity contribution is 0.544. The molecule has 0 atom stereocenters. The fraction of sp³-hybridized carbons (Fsp3) is 0.667. The zero-order valence-electron chi connectivity index (χ0n) is 7.24. The van der Waals surface area contributed by atoms with Crippen molar-refractivity contribution in [3.63, 3.8) is 0 Å². The zero-order valence-corrected chi connectivity index (χ0v) is 10.3. The Morgan fingerprint density at radius 2 is 1.33 bits per heavy atom. The van der Waals surface area contributed by atoms with Crippen LogP contribution < -0.4 is 0 Å². The van der Waals surface area contributed by atoms with Crippen molar-refractivity contribution >= 4 is 56.9 Å². The summed E-state index contributed by atoms with van der Waals surface area (Å²) in [6.07, 6.45) is 1.89. The molecule has 0 saturated carbocycles. The summed E-state index contributed by atoms with van der Waals surface area (Å²) in [6.45, 7) is 6.08. The Morgan fingerprint density at radius 1 is 1.00 bits per heavy atom. The normalized spacial score (nSPS) is 10.9. The van der Waals surface area contributed by atoms with Crippen LogP contribution in [0.15, 0.2) is 11.4 Å². The van der Waals surface area contributed by atoms with Crippen LogP contribution in [0.25, 0.3) is 0 Å². The summed E-state index contributed by atoms with van der Waals surface area (Å²) < 4.78 is 0. The maximum Gasteiger partial charge on any atom is 0.372 e. The van der Waals surface area contributed by atoms with Gasteiger partial charge in [-0.2, -0.15) is 45.8 Å². The predicted octanol–water partition coefficient (Wildman–Crippen LogP) is 3.97. The predicted molar refractivity (Wildman–Crippen MR) is 62.5 cm³/mol. The summed E-state index contributed by atoms with van der Waals surface area (Å²) in [4.78, 5) is 0. The second-order valence-electron chi connectivity index (χ2n) is 3.61. The Hall–Kier alpha value is 1.03. The van der Waals surface area contributed by atoms with Crippen LogP contribution >= 0.6 is 45.8 Å². The van der Waals surface area contributed by atoms with E-state index in [4.69, 9.17) is 45.8 Å². The standard InChI is InChI=1S/C6H10B2Cl4/c1-6(2,3)4-5(7(9)10)8(11)12/h4H,1-3H3. The average Bonchev–Trinajstić information content (AvgIpc) is 1.79. The van der Waals surface area contributed by atoms with E-state index in [0.29, 0.717) is 5.37 Å². The highest BCUT2D eigenvalue weighted by atomic mass is 35.5. The van der Waals surface area contributed by atoms with Crippen molar-refractivity contribution < 1.29 is 0 Å². The Balaban J connectivity index is 4.63. The van der Waals surface area contributed by atoms with Crippen molar-refractivity contribution in [2.75, 3.05) is 0 Å². The first kappa shape index (κ1) is 13.0. The summed E-state index contributed by atoms with van der Waals surface area (Å²) >= 11 is 22.7. The first-order chi connectivity index (χ1) is 5.24. The van der Waals surface area contributed by atoms with E-state index in [2.05, 4.69) is 0 Å². The molecule has 0 nitrogen and oxygen atoms in total. The molecule has 0 radical (unpaired) electrons. The third-order valence-electron chi connectivity index (χ3n) is 1.10. The molecule has 0 unspecified atom stereocenters. The van der Waals surface area contributed by atoms with Crippen LogP contribution in [0.5, 0.6) is 0 Å². The van der Waals surface area contributed by atoms with Crippen molar-refractivity contribution in [2.24, 2.45) is 5.41 Å². The molecular formula is C6H10B2Cl4. The van der Waals surface area contributed by atoms with E-state index < -0.39 is 11.1 Å². The minimum absolute atomic E-state index is 0.0145. The van der Waals surface area contributed by atoms with Gasteiger partial charge in [0.1, 0.15) is 0 Å². The van der Waals surface area contributed by atoms with Gasteiger partial charge in [0.2, 0.25) is 0 Å². The van der Waals surface area contributed by atoms with Crippen LogP contribution in [0.4, 0.5) is 0 Å². The summed E-state index contributed by atoms with van der Waals surface area (Å²) in [5.74, 6) is 0. The average molecular weight is 246 g/mol. The van der Waals surface area contributed by atoms with Gasteiger partial charge in [0.05, 0.1) is 0 Å². The van der Waals surface area contributed by atoms with Crippen LogP contribution in [-0.2, 0) is 0 Å². The van der Waals surface area contributed by atoms with Crippen LogP contribution in [0.3, 0.4) is 0 Å². The highest BCUT2D eigenvalue weighted by Gasteiger charge is 2.25. The molecular weight excluding hydrogens is 236 g/mol. The van der Waals surface area contributed by atoms with Gasteiger partial charge in [0.25, 0.3) is 0 Å². The molecule has 0 aliphatic heterocycles. The number of hydrogen-bond acceptors (Lipinski definition) is 0. The van der Waals surface area contributed by atoms with E-state index in [9.17, 15) is 0 Å². The number of rotatable bonds is 2. The van der Waals surface area contributed by atoms with Crippen LogP contribution in [-0.4, -0.2) is 11.1 Å². The van der Waals surface area contributed by atoms with Gasteiger partial charge in [0.15, 0.2) is 0 Å². The maximum absolute atomic E-state index is 5.67. The Kier molecular flexibility index (Phi) is 5.48. The van der Waals surface area contributed by atoms with Crippen molar-refractivity contribution in [1.82, 2.24) is 0 Å². The molecule has 0 aromatic rings. The summed E-state index contributed by atoms with van der Waals surface area (Å²) in [7, 11) is 0. The van der Waals surface area contributed by atoms with Crippen molar-refractivity contribution in [3.05, 3.63) is 11.4 Å². The molecule has 0 aromatic carbocycles. The van der Waals surface area contributed by atoms with Gasteiger partial charge in [-0.25, -0.2) is 0 Å². The van der Waals surface area contributed by atoms with Gasteiger partial charge >= 0.3 is 11.1 Å². The number of hydrogen-bond donors (Lipinski definition) is 0. The molecule has 0 spiro atoms. The second-order valence-corrected chi connectivity index (χ2v) is 5.80. The smallest absolute Gasteiger partial charge is 0.166 e. The molecule has 0 N–H and O–H groups in total. The third kappa shape index (κ3) is 5.64. The molecule has 0 aromatic heterocycles. The van der Waals surface area contributed by atoms with Gasteiger partial charge in [-0.3, -0.25) is 0 Å². The SMILES string of the molecule is CC(C)(C)C=C(B(Cl)Cl)B(Cl)Cl. The molecule has 0 aliphatic carbocycles. The molecule has 0 bridgehead atoms. The molecule has 0 rings (SSSR count). The highest BCUT2D eigenvalue weighted by Crippen LogP contribution is 2.25. The van der Waals surface area contributed by atoms with E-state index in [1.807, 2.05) is 26.8 Å². The molecule has 0 heterocycles. The number of halogens is 4. The summed E-state index contributed by atoms with van der Waals surface area (Å²) in [5, 5.41) is 0.647. The Morgan fingerprint density at radius 3 is 1.42 bits per heavy atom. The topological polar surface area (TPSA) is 0 Å². The molecule has 0 saturated heterocycles. The lowest BCUT2D eigenvalue weighted by atomic mass is 9.70. The molecule has 12 heavy (non-hydrogen) atoms. The van der Waals surface area contributed by atoms with Crippen LogP contribution in [0.1, 0.15) is 20.8 Å². The molecule has 68 valence electrons. The monoisotopic (exact) mass is 244 g/mol. The van der Waals surface area contributed by atoms with E-state index in [1.54, 1.807) is 0 Å². The quantitative estimate of drug-likeness (QED) is 0.646. The lowest BCUT2D eigenvalue weighted by Crippen LogP contribution is -2.15. The largest absolute Gasteiger partial charge is 0.372 e. The minimum Gasteiger partial charge on any atom is -0.166 e. The van der Waals surface area contributed by atoms with Crippen molar-refractivity contribution in [2.45, 2.75) is 20.8 Å². The molecule has 0 amide bonds. The van der Waals surface area contributed by atoms with Crippen LogP contribution in [0.2, 0.25) is 0 Å². The van der Waals surface area contributed by atoms with E-state index >= 15 is 0 Å².